The van der Waals surface area contributed by atoms with Crippen LogP contribution in [0.1, 0.15) is 36.5 Å². The average Bonchev–Trinajstić information content (AvgIpc) is 2.97. The summed E-state index contributed by atoms with van der Waals surface area (Å²) in [6.45, 7) is 3.11. The third-order valence-corrected chi connectivity index (χ3v) is 3.61. The molecule has 0 fully saturated rings. The molecule has 0 bridgehead atoms. The molecule has 1 aromatic rings. The highest BCUT2D eigenvalue weighted by Crippen LogP contribution is 2.05. The molecule has 0 aliphatic heterocycles. The third-order valence-electron chi connectivity index (χ3n) is 2.93. The lowest BCUT2D eigenvalue weighted by Crippen LogP contribution is -2.31. The van der Waals surface area contributed by atoms with Crippen molar-refractivity contribution in [1.82, 2.24) is 10.6 Å². The van der Waals surface area contributed by atoms with Crippen LogP contribution in [0.4, 0.5) is 0 Å². The van der Waals surface area contributed by atoms with E-state index in [1.54, 1.807) is 11.4 Å². The van der Waals surface area contributed by atoms with Gasteiger partial charge in [-0.15, -0.1) is 0 Å². The number of rotatable bonds is 9. The summed E-state index contributed by atoms with van der Waals surface area (Å²) in [6.07, 6.45) is 2.03. The lowest BCUT2D eigenvalue weighted by atomic mass is 10.1. The van der Waals surface area contributed by atoms with Crippen molar-refractivity contribution in [3.05, 3.63) is 22.4 Å². The van der Waals surface area contributed by atoms with E-state index in [9.17, 15) is 9.59 Å². The summed E-state index contributed by atoms with van der Waals surface area (Å²) in [5.41, 5.74) is 0.633. The Balaban J connectivity index is 2.04. The fraction of sp³-hybridized carbons (Fsp3) is 0.571. The van der Waals surface area contributed by atoms with Gasteiger partial charge in [0, 0.05) is 37.1 Å². The molecule has 0 radical (unpaired) electrons. The lowest BCUT2D eigenvalue weighted by molar-refractivity contribution is -0.120. The van der Waals surface area contributed by atoms with Gasteiger partial charge in [-0.2, -0.15) is 11.3 Å². The normalized spacial score (nSPS) is 11.9. The summed E-state index contributed by atoms with van der Waals surface area (Å²) in [5, 5.41) is 18.0. The Morgan fingerprint density at radius 2 is 2.15 bits per heavy atom. The number of carbonyl (C=O) groups is 2. The summed E-state index contributed by atoms with van der Waals surface area (Å²) < 4.78 is 0. The summed E-state index contributed by atoms with van der Waals surface area (Å²) in [5.74, 6) is 0.0693. The van der Waals surface area contributed by atoms with Crippen molar-refractivity contribution in [2.75, 3.05) is 19.7 Å². The van der Waals surface area contributed by atoms with Crippen LogP contribution in [0.2, 0.25) is 0 Å². The van der Waals surface area contributed by atoms with Crippen molar-refractivity contribution in [2.24, 2.45) is 5.92 Å². The second-order valence-corrected chi connectivity index (χ2v) is 5.58. The zero-order valence-electron chi connectivity index (χ0n) is 11.7. The van der Waals surface area contributed by atoms with Gasteiger partial charge in [0.05, 0.1) is 0 Å². The monoisotopic (exact) mass is 298 g/mol. The number of nitrogens with one attached hydrogen (secondary N) is 2. The van der Waals surface area contributed by atoms with Gasteiger partial charge in [-0.1, -0.05) is 6.92 Å². The predicted octanol–water partition coefficient (Wildman–Crippen LogP) is 1.39. The summed E-state index contributed by atoms with van der Waals surface area (Å²) in [4.78, 5) is 23.1. The van der Waals surface area contributed by atoms with E-state index in [0.717, 1.165) is 12.8 Å². The molecule has 0 saturated heterocycles. The molecule has 0 aliphatic rings. The molecule has 0 aliphatic carbocycles. The van der Waals surface area contributed by atoms with Crippen LogP contribution in [0.25, 0.3) is 0 Å². The van der Waals surface area contributed by atoms with Gasteiger partial charge < -0.3 is 15.7 Å². The highest BCUT2D eigenvalue weighted by atomic mass is 32.1. The van der Waals surface area contributed by atoms with E-state index in [2.05, 4.69) is 10.6 Å². The molecule has 1 heterocycles. The SMILES string of the molecule is CC(CO)CCCNC(=O)CCNC(=O)c1ccsc1. The number of aliphatic hydroxyl groups excluding tert-OH is 1. The van der Waals surface area contributed by atoms with E-state index in [1.165, 1.54) is 11.3 Å². The van der Waals surface area contributed by atoms with Crippen molar-refractivity contribution in [1.29, 1.82) is 0 Å². The van der Waals surface area contributed by atoms with Crippen LogP contribution in [0.5, 0.6) is 0 Å². The molecule has 5 nitrogen and oxygen atoms in total. The van der Waals surface area contributed by atoms with E-state index in [-0.39, 0.29) is 30.8 Å². The Hall–Kier alpha value is -1.40. The Labute approximate surface area is 123 Å². The lowest BCUT2D eigenvalue weighted by Gasteiger charge is -2.08. The summed E-state index contributed by atoms with van der Waals surface area (Å²) >= 11 is 1.47. The standard InChI is InChI=1S/C14H22N2O3S/c1-11(9-17)3-2-6-15-13(18)4-7-16-14(19)12-5-8-20-10-12/h5,8,10-11,17H,2-4,6-7,9H2,1H3,(H,15,18)(H,16,19). The number of carbonyl (C=O) groups excluding carboxylic acids is 2. The molecule has 112 valence electrons. The minimum atomic E-state index is -0.143. The molecular weight excluding hydrogens is 276 g/mol. The van der Waals surface area contributed by atoms with Crippen molar-refractivity contribution >= 4 is 23.2 Å². The molecule has 1 atom stereocenters. The van der Waals surface area contributed by atoms with Crippen LogP contribution >= 0.6 is 11.3 Å². The Bertz CT molecular complexity index is 407. The minimum Gasteiger partial charge on any atom is -0.396 e. The first-order valence-corrected chi connectivity index (χ1v) is 7.75. The zero-order valence-corrected chi connectivity index (χ0v) is 12.5. The molecule has 0 saturated carbocycles. The van der Waals surface area contributed by atoms with Crippen LogP contribution < -0.4 is 10.6 Å². The largest absolute Gasteiger partial charge is 0.396 e. The first-order valence-electron chi connectivity index (χ1n) is 6.81. The molecule has 0 aromatic carbocycles. The third kappa shape index (κ3) is 6.68. The topological polar surface area (TPSA) is 78.4 Å². The molecular formula is C14H22N2O3S. The molecule has 3 N–H and O–H groups in total. The van der Waals surface area contributed by atoms with Gasteiger partial charge in [-0.3, -0.25) is 9.59 Å². The van der Waals surface area contributed by atoms with Gasteiger partial charge in [0.1, 0.15) is 0 Å². The molecule has 1 unspecified atom stereocenters. The smallest absolute Gasteiger partial charge is 0.252 e. The quantitative estimate of drug-likeness (QED) is 0.603. The van der Waals surface area contributed by atoms with E-state index >= 15 is 0 Å². The number of hydrogen-bond donors (Lipinski definition) is 3. The van der Waals surface area contributed by atoms with Crippen LogP contribution in [0.3, 0.4) is 0 Å². The first-order chi connectivity index (χ1) is 9.63. The van der Waals surface area contributed by atoms with Crippen molar-refractivity contribution in [3.8, 4) is 0 Å². The maximum absolute atomic E-state index is 11.6. The van der Waals surface area contributed by atoms with Gasteiger partial charge in [0.15, 0.2) is 0 Å². The molecule has 1 aromatic heterocycles. The second-order valence-electron chi connectivity index (χ2n) is 4.80. The van der Waals surface area contributed by atoms with Crippen molar-refractivity contribution in [3.63, 3.8) is 0 Å². The van der Waals surface area contributed by atoms with E-state index in [0.29, 0.717) is 18.7 Å². The fourth-order valence-corrected chi connectivity index (χ4v) is 2.28. The molecule has 1 rings (SSSR count). The van der Waals surface area contributed by atoms with Gasteiger partial charge in [-0.25, -0.2) is 0 Å². The molecule has 2 amide bonds. The maximum Gasteiger partial charge on any atom is 0.252 e. The Kier molecular flexibility index (Phi) is 7.91. The van der Waals surface area contributed by atoms with Crippen LogP contribution in [-0.2, 0) is 4.79 Å². The minimum absolute atomic E-state index is 0.0627. The Morgan fingerprint density at radius 3 is 2.80 bits per heavy atom. The number of amides is 2. The van der Waals surface area contributed by atoms with E-state index < -0.39 is 0 Å². The van der Waals surface area contributed by atoms with Gasteiger partial charge >= 0.3 is 0 Å². The molecule has 20 heavy (non-hydrogen) atoms. The van der Waals surface area contributed by atoms with Crippen LogP contribution in [-0.4, -0.2) is 36.6 Å². The van der Waals surface area contributed by atoms with Gasteiger partial charge in [-0.05, 0) is 30.2 Å². The Morgan fingerprint density at radius 1 is 1.35 bits per heavy atom. The van der Waals surface area contributed by atoms with Gasteiger partial charge in [0.2, 0.25) is 5.91 Å². The highest BCUT2D eigenvalue weighted by molar-refractivity contribution is 7.08. The van der Waals surface area contributed by atoms with Crippen LogP contribution in [0.15, 0.2) is 16.8 Å². The van der Waals surface area contributed by atoms with E-state index in [4.69, 9.17) is 5.11 Å². The zero-order chi connectivity index (χ0) is 14.8. The molecule has 0 spiro atoms. The predicted molar refractivity (Wildman–Crippen MR) is 79.8 cm³/mol. The maximum atomic E-state index is 11.6. The van der Waals surface area contributed by atoms with E-state index in [1.807, 2.05) is 12.3 Å². The molecule has 6 heteroatoms. The van der Waals surface area contributed by atoms with Crippen molar-refractivity contribution < 1.29 is 14.7 Å². The summed E-state index contributed by atoms with van der Waals surface area (Å²) in [6, 6.07) is 1.75. The average molecular weight is 298 g/mol. The summed E-state index contributed by atoms with van der Waals surface area (Å²) in [7, 11) is 0. The van der Waals surface area contributed by atoms with Gasteiger partial charge in [0.25, 0.3) is 5.91 Å². The fourth-order valence-electron chi connectivity index (χ4n) is 1.64. The number of aliphatic hydroxyl groups is 1. The first kappa shape index (κ1) is 16.7. The van der Waals surface area contributed by atoms with Crippen molar-refractivity contribution in [2.45, 2.75) is 26.2 Å². The second kappa shape index (κ2) is 9.50. The van der Waals surface area contributed by atoms with Crippen LogP contribution in [0, 0.1) is 5.92 Å². The number of hydrogen-bond acceptors (Lipinski definition) is 4. The highest BCUT2D eigenvalue weighted by Gasteiger charge is 2.06. The number of thiophene rings is 1.